The molecule has 0 radical (unpaired) electrons. The Kier molecular flexibility index (Phi) is 3.10. The lowest BCUT2D eigenvalue weighted by Gasteiger charge is -2.08. The van der Waals surface area contributed by atoms with E-state index in [0.717, 1.165) is 17.0 Å². The fraction of sp³-hybridized carbons (Fsp3) is 0.143. The summed E-state index contributed by atoms with van der Waals surface area (Å²) in [5.41, 5.74) is 4.22. The molecule has 80 valence electrons. The van der Waals surface area contributed by atoms with Crippen LogP contribution in [0.25, 0.3) is 0 Å². The van der Waals surface area contributed by atoms with Gasteiger partial charge in [-0.1, -0.05) is 30.3 Å². The third-order valence-electron chi connectivity index (χ3n) is 2.53. The maximum absolute atomic E-state index is 4.34. The van der Waals surface area contributed by atoms with Crippen LogP contribution >= 0.6 is 0 Å². The number of hydrogen-bond donors (Lipinski definition) is 0. The number of aliphatic imine (C=N–C) groups is 1. The maximum Gasteiger partial charge on any atom is 0.0902 e. The van der Waals surface area contributed by atoms with E-state index in [-0.39, 0.29) is 0 Å². The van der Waals surface area contributed by atoms with Crippen LogP contribution in [0.2, 0.25) is 0 Å². The van der Waals surface area contributed by atoms with E-state index in [0.29, 0.717) is 0 Å². The van der Waals surface area contributed by atoms with Gasteiger partial charge >= 0.3 is 0 Å². The van der Waals surface area contributed by atoms with Gasteiger partial charge < -0.3 is 0 Å². The van der Waals surface area contributed by atoms with Crippen LogP contribution in [-0.2, 0) is 0 Å². The molecule has 0 unspecified atom stereocenters. The second-order valence-electron chi connectivity index (χ2n) is 3.60. The molecule has 2 nitrogen and oxygen atoms in total. The minimum absolute atomic E-state index is 0.916. The Morgan fingerprint density at radius 1 is 1.06 bits per heavy atom. The summed E-state index contributed by atoms with van der Waals surface area (Å²) in [4.78, 5) is 8.68. The van der Waals surface area contributed by atoms with Crippen molar-refractivity contribution in [1.29, 1.82) is 0 Å². The molecule has 0 fully saturated rings. The second-order valence-corrected chi connectivity index (χ2v) is 3.60. The molecule has 0 saturated carbocycles. The number of aryl methyl sites for hydroxylation is 1. The van der Waals surface area contributed by atoms with Gasteiger partial charge in [0.1, 0.15) is 0 Å². The first-order valence-corrected chi connectivity index (χ1v) is 5.27. The molecular formula is C14H14N2. The molecular weight excluding hydrogens is 196 g/mol. The Morgan fingerprint density at radius 2 is 1.81 bits per heavy atom. The normalized spacial score (nSPS) is 11.5. The summed E-state index contributed by atoms with van der Waals surface area (Å²) in [5.74, 6) is 0. The van der Waals surface area contributed by atoms with Crippen molar-refractivity contribution in [3.05, 3.63) is 65.5 Å². The van der Waals surface area contributed by atoms with E-state index in [1.807, 2.05) is 30.3 Å². The van der Waals surface area contributed by atoms with Gasteiger partial charge in [-0.15, -0.1) is 0 Å². The monoisotopic (exact) mass is 210 g/mol. The molecule has 0 saturated heterocycles. The zero-order valence-corrected chi connectivity index (χ0v) is 9.51. The molecule has 0 spiro atoms. The first kappa shape index (κ1) is 10.6. The third-order valence-corrected chi connectivity index (χ3v) is 2.53. The molecule has 0 aliphatic rings. The molecule has 2 heteroatoms. The maximum atomic E-state index is 4.34. The zero-order chi connectivity index (χ0) is 11.4. The van der Waals surface area contributed by atoms with Gasteiger partial charge in [0.05, 0.1) is 11.4 Å². The highest BCUT2D eigenvalue weighted by molar-refractivity contribution is 6.12. The molecule has 0 bridgehead atoms. The molecule has 1 aromatic heterocycles. The number of pyridine rings is 1. The highest BCUT2D eigenvalue weighted by Crippen LogP contribution is 2.12. The first-order chi connectivity index (χ1) is 7.83. The lowest BCUT2D eigenvalue weighted by atomic mass is 10.0. The van der Waals surface area contributed by atoms with Crippen LogP contribution in [0.15, 0.2) is 53.7 Å². The van der Waals surface area contributed by atoms with Gasteiger partial charge in [0.15, 0.2) is 0 Å². The van der Waals surface area contributed by atoms with Gasteiger partial charge in [-0.05, 0) is 24.6 Å². The fourth-order valence-electron chi connectivity index (χ4n) is 1.71. The summed E-state index contributed by atoms with van der Waals surface area (Å²) in [6.45, 7) is 2.09. The summed E-state index contributed by atoms with van der Waals surface area (Å²) < 4.78 is 0. The number of hydrogen-bond acceptors (Lipinski definition) is 2. The quantitative estimate of drug-likeness (QED) is 0.700. The lowest BCUT2D eigenvalue weighted by Crippen LogP contribution is -2.07. The predicted molar refractivity (Wildman–Crippen MR) is 67.0 cm³/mol. The fourth-order valence-corrected chi connectivity index (χ4v) is 1.71. The van der Waals surface area contributed by atoms with Crippen molar-refractivity contribution in [1.82, 2.24) is 4.98 Å². The smallest absolute Gasteiger partial charge is 0.0902 e. The molecule has 0 amide bonds. The van der Waals surface area contributed by atoms with Gasteiger partial charge in [0, 0.05) is 18.8 Å². The Labute approximate surface area is 95.7 Å². The van der Waals surface area contributed by atoms with Crippen LogP contribution in [-0.4, -0.2) is 17.7 Å². The van der Waals surface area contributed by atoms with Crippen LogP contribution in [0, 0.1) is 6.92 Å². The Hall–Kier alpha value is -1.96. The predicted octanol–water partition coefficient (Wildman–Crippen LogP) is 2.86. The molecule has 1 heterocycles. The van der Waals surface area contributed by atoms with Crippen LogP contribution in [0.5, 0.6) is 0 Å². The zero-order valence-electron chi connectivity index (χ0n) is 9.51. The molecule has 2 rings (SSSR count). The van der Waals surface area contributed by atoms with Crippen LogP contribution in [0.3, 0.4) is 0 Å². The average molecular weight is 210 g/mol. The number of nitrogens with zero attached hydrogens (tertiary/aromatic N) is 2. The minimum Gasteiger partial charge on any atom is -0.286 e. The molecule has 0 aliphatic heterocycles. The summed E-state index contributed by atoms with van der Waals surface area (Å²) in [7, 11) is 1.80. The highest BCUT2D eigenvalue weighted by atomic mass is 14.8. The summed E-state index contributed by atoms with van der Waals surface area (Å²) in [6, 6.07) is 14.1. The molecule has 1 aromatic carbocycles. The summed E-state index contributed by atoms with van der Waals surface area (Å²) in [6.07, 6.45) is 1.79. The van der Waals surface area contributed by atoms with Gasteiger partial charge in [0.25, 0.3) is 0 Å². The van der Waals surface area contributed by atoms with Crippen molar-refractivity contribution < 1.29 is 0 Å². The Balaban J connectivity index is 2.51. The Morgan fingerprint density at radius 3 is 2.44 bits per heavy atom. The van der Waals surface area contributed by atoms with Gasteiger partial charge in [-0.2, -0.15) is 0 Å². The number of benzene rings is 1. The lowest BCUT2D eigenvalue weighted by molar-refractivity contribution is 1.26. The van der Waals surface area contributed by atoms with Crippen LogP contribution < -0.4 is 0 Å². The summed E-state index contributed by atoms with van der Waals surface area (Å²) in [5, 5.41) is 0. The van der Waals surface area contributed by atoms with Crippen molar-refractivity contribution in [3.63, 3.8) is 0 Å². The van der Waals surface area contributed by atoms with Crippen LogP contribution in [0.1, 0.15) is 16.8 Å². The molecule has 16 heavy (non-hydrogen) atoms. The SMILES string of the molecule is CN=C(c1ccccn1)c1ccccc1C. The molecule has 0 atom stereocenters. The van der Waals surface area contributed by atoms with Crippen molar-refractivity contribution in [2.45, 2.75) is 6.92 Å². The second kappa shape index (κ2) is 4.71. The van der Waals surface area contributed by atoms with Crippen molar-refractivity contribution in [2.75, 3.05) is 7.05 Å². The molecule has 0 N–H and O–H groups in total. The number of aromatic nitrogens is 1. The van der Waals surface area contributed by atoms with Crippen molar-refractivity contribution in [2.24, 2.45) is 4.99 Å². The summed E-state index contributed by atoms with van der Waals surface area (Å²) >= 11 is 0. The van der Waals surface area contributed by atoms with E-state index in [2.05, 4.69) is 29.0 Å². The molecule has 2 aromatic rings. The van der Waals surface area contributed by atoms with E-state index in [1.54, 1.807) is 13.2 Å². The van der Waals surface area contributed by atoms with E-state index in [9.17, 15) is 0 Å². The van der Waals surface area contributed by atoms with Gasteiger partial charge in [-0.3, -0.25) is 9.98 Å². The number of rotatable bonds is 2. The van der Waals surface area contributed by atoms with Gasteiger partial charge in [0.2, 0.25) is 0 Å². The van der Waals surface area contributed by atoms with Gasteiger partial charge in [-0.25, -0.2) is 0 Å². The Bertz CT molecular complexity index is 501. The standard InChI is InChI=1S/C14H14N2/c1-11-7-3-4-8-12(11)14(15-2)13-9-5-6-10-16-13/h3-10H,1-2H3. The van der Waals surface area contributed by atoms with E-state index < -0.39 is 0 Å². The van der Waals surface area contributed by atoms with E-state index in [1.165, 1.54) is 5.56 Å². The minimum atomic E-state index is 0.916. The average Bonchev–Trinajstić information content (AvgIpc) is 2.34. The largest absolute Gasteiger partial charge is 0.286 e. The highest BCUT2D eigenvalue weighted by Gasteiger charge is 2.08. The van der Waals surface area contributed by atoms with E-state index in [4.69, 9.17) is 0 Å². The van der Waals surface area contributed by atoms with Crippen molar-refractivity contribution >= 4 is 5.71 Å². The molecule has 0 aliphatic carbocycles. The van der Waals surface area contributed by atoms with E-state index >= 15 is 0 Å². The topological polar surface area (TPSA) is 25.2 Å². The first-order valence-electron chi connectivity index (χ1n) is 5.27. The van der Waals surface area contributed by atoms with Crippen molar-refractivity contribution in [3.8, 4) is 0 Å². The van der Waals surface area contributed by atoms with Crippen LogP contribution in [0.4, 0.5) is 0 Å². The third kappa shape index (κ3) is 2.01.